The van der Waals surface area contributed by atoms with Crippen molar-refractivity contribution in [3.63, 3.8) is 0 Å². The maximum Gasteiger partial charge on any atom is 0.353 e. The molecule has 0 radical (unpaired) electrons. The highest BCUT2D eigenvalue weighted by Gasteiger charge is 2.49. The highest BCUT2D eigenvalue weighted by Crippen LogP contribution is 2.49. The molecule has 0 spiro atoms. The summed E-state index contributed by atoms with van der Waals surface area (Å²) in [5.41, 5.74) is 1.24. The molecular formula is C22H25NO4S. The van der Waals surface area contributed by atoms with Crippen LogP contribution >= 0.6 is 11.3 Å². The van der Waals surface area contributed by atoms with Crippen LogP contribution in [0.2, 0.25) is 0 Å². The Balaban J connectivity index is 1.62. The van der Waals surface area contributed by atoms with Crippen molar-refractivity contribution in [2.75, 3.05) is 27.8 Å². The molecule has 1 aromatic heterocycles. The number of fused-ring (bicyclic) bond motifs is 1. The van der Waals surface area contributed by atoms with E-state index in [4.69, 9.17) is 14.2 Å². The van der Waals surface area contributed by atoms with E-state index in [-0.39, 0.29) is 17.4 Å². The van der Waals surface area contributed by atoms with Gasteiger partial charge in [-0.05, 0) is 61.7 Å². The third-order valence-corrected chi connectivity index (χ3v) is 6.92. The van der Waals surface area contributed by atoms with E-state index < -0.39 is 0 Å². The second-order valence-corrected chi connectivity index (χ2v) is 8.37. The molecule has 2 heterocycles. The van der Waals surface area contributed by atoms with Crippen LogP contribution < -0.4 is 9.47 Å². The summed E-state index contributed by atoms with van der Waals surface area (Å²) in [5, 5.41) is 1.89. The lowest BCUT2D eigenvalue weighted by Crippen LogP contribution is -2.43. The molecule has 0 N–H and O–H groups in total. The van der Waals surface area contributed by atoms with Crippen molar-refractivity contribution in [2.24, 2.45) is 0 Å². The standard InChI is InChI=1S/C22H25NO4S/c1-23-11-10-22(15-6-7-17(25-2)18(13-15)26-3)9-8-16(14-20(22)23)27-21(24)19-5-4-12-28-19/h4-8,12-13,20H,9-11,14H2,1-3H3. The maximum absolute atomic E-state index is 12.4. The van der Waals surface area contributed by atoms with Crippen molar-refractivity contribution in [3.8, 4) is 11.5 Å². The summed E-state index contributed by atoms with van der Waals surface area (Å²) in [6.07, 6.45) is 4.72. The number of carbonyl (C=O) groups excluding carboxylic acids is 1. The molecule has 1 fully saturated rings. The lowest BCUT2D eigenvalue weighted by molar-refractivity contribution is 0.0585. The molecule has 4 rings (SSSR count). The Morgan fingerprint density at radius 2 is 2.04 bits per heavy atom. The summed E-state index contributed by atoms with van der Waals surface area (Å²) in [4.78, 5) is 15.4. The van der Waals surface area contributed by atoms with Crippen LogP contribution in [-0.2, 0) is 10.2 Å². The Kier molecular flexibility index (Phi) is 5.17. The van der Waals surface area contributed by atoms with Gasteiger partial charge in [0, 0.05) is 17.9 Å². The Morgan fingerprint density at radius 1 is 1.21 bits per heavy atom. The number of nitrogens with zero attached hydrogens (tertiary/aromatic N) is 1. The van der Waals surface area contributed by atoms with Gasteiger partial charge in [0.25, 0.3) is 0 Å². The fourth-order valence-corrected chi connectivity index (χ4v) is 5.13. The highest BCUT2D eigenvalue weighted by molar-refractivity contribution is 7.11. The topological polar surface area (TPSA) is 48.0 Å². The van der Waals surface area contributed by atoms with Crippen molar-refractivity contribution in [2.45, 2.75) is 30.7 Å². The van der Waals surface area contributed by atoms with Gasteiger partial charge in [-0.25, -0.2) is 4.79 Å². The molecule has 5 nitrogen and oxygen atoms in total. The lowest BCUT2D eigenvalue weighted by atomic mass is 9.68. The third kappa shape index (κ3) is 3.20. The molecule has 0 amide bonds. The Morgan fingerprint density at radius 3 is 2.75 bits per heavy atom. The van der Waals surface area contributed by atoms with Crippen LogP contribution in [0.4, 0.5) is 0 Å². The average Bonchev–Trinajstić information content (AvgIpc) is 3.37. The number of allylic oxidation sites excluding steroid dienone is 1. The van der Waals surface area contributed by atoms with E-state index in [1.165, 1.54) is 16.9 Å². The zero-order valence-corrected chi connectivity index (χ0v) is 17.3. The number of likely N-dealkylation sites (N-methyl/N-ethyl adjacent to an activating group) is 1. The molecule has 2 aliphatic rings. The van der Waals surface area contributed by atoms with Gasteiger partial charge >= 0.3 is 5.97 Å². The van der Waals surface area contributed by atoms with Gasteiger partial charge in [0.15, 0.2) is 11.5 Å². The molecule has 6 heteroatoms. The molecule has 2 aromatic rings. The van der Waals surface area contributed by atoms with Crippen LogP contribution in [0.5, 0.6) is 11.5 Å². The van der Waals surface area contributed by atoms with Gasteiger partial charge < -0.3 is 19.1 Å². The Labute approximate surface area is 169 Å². The van der Waals surface area contributed by atoms with E-state index in [1.807, 2.05) is 17.5 Å². The van der Waals surface area contributed by atoms with Crippen molar-refractivity contribution >= 4 is 17.3 Å². The van der Waals surface area contributed by atoms with E-state index in [2.05, 4.69) is 30.2 Å². The predicted molar refractivity (Wildman–Crippen MR) is 109 cm³/mol. The molecule has 28 heavy (non-hydrogen) atoms. The van der Waals surface area contributed by atoms with Gasteiger partial charge in [-0.15, -0.1) is 11.3 Å². The highest BCUT2D eigenvalue weighted by atomic mass is 32.1. The fraction of sp³-hybridized carbons (Fsp3) is 0.409. The first-order valence-corrected chi connectivity index (χ1v) is 10.3. The van der Waals surface area contributed by atoms with Gasteiger partial charge in [-0.1, -0.05) is 12.1 Å². The number of rotatable bonds is 5. The second-order valence-electron chi connectivity index (χ2n) is 7.42. The molecule has 148 valence electrons. The number of likely N-dealkylation sites (tertiary alicyclic amines) is 1. The molecule has 1 aliphatic heterocycles. The van der Waals surface area contributed by atoms with E-state index in [9.17, 15) is 4.79 Å². The maximum atomic E-state index is 12.4. The summed E-state index contributed by atoms with van der Waals surface area (Å²) in [7, 11) is 5.47. The Bertz CT molecular complexity index is 892. The largest absolute Gasteiger partial charge is 0.493 e. The minimum absolute atomic E-state index is 0.00680. The molecular weight excluding hydrogens is 374 g/mol. The predicted octanol–water partition coefficient (Wildman–Crippen LogP) is 4.24. The SMILES string of the molecule is COc1ccc(C23CC=C(OC(=O)c4cccs4)CC2N(C)CC3)cc1OC. The average molecular weight is 400 g/mol. The number of thiophene rings is 1. The zero-order valence-electron chi connectivity index (χ0n) is 16.4. The van der Waals surface area contributed by atoms with Gasteiger partial charge in [-0.3, -0.25) is 0 Å². The van der Waals surface area contributed by atoms with E-state index in [0.717, 1.165) is 43.1 Å². The first-order chi connectivity index (χ1) is 13.6. The summed E-state index contributed by atoms with van der Waals surface area (Å²) >= 11 is 1.41. The van der Waals surface area contributed by atoms with Crippen LogP contribution in [0, 0.1) is 0 Å². The zero-order chi connectivity index (χ0) is 19.7. The second kappa shape index (κ2) is 7.60. The number of ether oxygens (including phenoxy) is 3. The van der Waals surface area contributed by atoms with Crippen LogP contribution in [0.1, 0.15) is 34.5 Å². The number of benzene rings is 1. The van der Waals surface area contributed by atoms with E-state index in [0.29, 0.717) is 4.88 Å². The van der Waals surface area contributed by atoms with E-state index in [1.54, 1.807) is 20.3 Å². The van der Waals surface area contributed by atoms with E-state index >= 15 is 0 Å². The first-order valence-electron chi connectivity index (χ1n) is 9.45. The first kappa shape index (κ1) is 19.0. The van der Waals surface area contributed by atoms with Crippen LogP contribution in [0.25, 0.3) is 0 Å². The summed E-state index contributed by atoms with van der Waals surface area (Å²) in [6, 6.07) is 10.2. The molecule has 1 aromatic carbocycles. The van der Waals surface area contributed by atoms with Crippen molar-refractivity contribution in [3.05, 3.63) is 58.0 Å². The number of hydrogen-bond acceptors (Lipinski definition) is 6. The van der Waals surface area contributed by atoms with Gasteiger partial charge in [-0.2, -0.15) is 0 Å². The molecule has 1 saturated heterocycles. The summed E-state index contributed by atoms with van der Waals surface area (Å²) < 4.78 is 16.6. The van der Waals surface area contributed by atoms with Crippen molar-refractivity contribution < 1.29 is 19.0 Å². The summed E-state index contributed by atoms with van der Waals surface area (Å²) in [6.45, 7) is 1.01. The quantitative estimate of drug-likeness (QED) is 0.704. The van der Waals surface area contributed by atoms with Crippen LogP contribution in [0.3, 0.4) is 0 Å². The summed E-state index contributed by atoms with van der Waals surface area (Å²) in [5.74, 6) is 2.00. The molecule has 0 bridgehead atoms. The number of hydrogen-bond donors (Lipinski definition) is 0. The van der Waals surface area contributed by atoms with Gasteiger partial charge in [0.2, 0.25) is 0 Å². The normalized spacial score (nSPS) is 24.4. The molecule has 2 atom stereocenters. The third-order valence-electron chi connectivity index (χ3n) is 6.07. The monoisotopic (exact) mass is 399 g/mol. The van der Waals surface area contributed by atoms with Crippen molar-refractivity contribution in [1.82, 2.24) is 4.90 Å². The number of carbonyl (C=O) groups is 1. The molecule has 1 aliphatic carbocycles. The number of methoxy groups -OCH3 is 2. The molecule has 2 unspecified atom stereocenters. The minimum atomic E-state index is -0.263. The fourth-order valence-electron chi connectivity index (χ4n) is 4.53. The van der Waals surface area contributed by atoms with Gasteiger partial charge in [0.05, 0.1) is 14.2 Å². The smallest absolute Gasteiger partial charge is 0.353 e. The van der Waals surface area contributed by atoms with Crippen LogP contribution in [0.15, 0.2) is 47.5 Å². The van der Waals surface area contributed by atoms with Gasteiger partial charge in [0.1, 0.15) is 10.6 Å². The number of esters is 1. The van der Waals surface area contributed by atoms with Crippen LogP contribution in [-0.4, -0.2) is 44.7 Å². The lowest BCUT2D eigenvalue weighted by Gasteiger charge is -2.40. The van der Waals surface area contributed by atoms with Crippen molar-refractivity contribution in [1.29, 1.82) is 0 Å². The molecule has 0 saturated carbocycles. The minimum Gasteiger partial charge on any atom is -0.493 e. The Hall–Kier alpha value is -2.31.